The van der Waals surface area contributed by atoms with Crippen LogP contribution in [0.2, 0.25) is 0 Å². The summed E-state index contributed by atoms with van der Waals surface area (Å²) in [6.07, 6.45) is -1.23. The van der Waals surface area contributed by atoms with E-state index in [0.29, 0.717) is 0 Å². The summed E-state index contributed by atoms with van der Waals surface area (Å²) >= 11 is 0. The molecular weight excluding hydrogens is 307 g/mol. The van der Waals surface area contributed by atoms with Crippen molar-refractivity contribution >= 4 is 11.5 Å². The second kappa shape index (κ2) is 6.58. The summed E-state index contributed by atoms with van der Waals surface area (Å²) in [5, 5.41) is 0. The number of nitrogens with two attached hydrogens (primary N) is 1. The minimum atomic E-state index is -4.51. The van der Waals surface area contributed by atoms with Crippen molar-refractivity contribution in [1.29, 1.82) is 0 Å². The Labute approximate surface area is 132 Å². The van der Waals surface area contributed by atoms with Crippen LogP contribution in [0.25, 0.3) is 5.57 Å². The largest absolute Gasteiger partial charge is 0.468 e. The summed E-state index contributed by atoms with van der Waals surface area (Å²) in [6.45, 7) is 0. The van der Waals surface area contributed by atoms with Gasteiger partial charge in [0.2, 0.25) is 0 Å². The maximum absolute atomic E-state index is 13.6. The maximum atomic E-state index is 13.6. The van der Waals surface area contributed by atoms with Gasteiger partial charge in [-0.2, -0.15) is 13.2 Å². The van der Waals surface area contributed by atoms with Gasteiger partial charge in [-0.25, -0.2) is 0 Å². The molecule has 124 valence electrons. The number of esters is 1. The first kappa shape index (κ1) is 17.3. The van der Waals surface area contributed by atoms with Gasteiger partial charge in [0.1, 0.15) is 6.04 Å². The van der Waals surface area contributed by atoms with Crippen molar-refractivity contribution < 1.29 is 22.7 Å². The van der Waals surface area contributed by atoms with E-state index in [1.54, 1.807) is 0 Å². The molecular formula is C17H18F3NO2. The number of carbonyl (C=O) groups is 1. The van der Waals surface area contributed by atoms with Crippen LogP contribution in [-0.2, 0) is 9.53 Å². The van der Waals surface area contributed by atoms with E-state index in [-0.39, 0.29) is 6.42 Å². The highest BCUT2D eigenvalue weighted by Gasteiger charge is 2.54. The lowest BCUT2D eigenvalue weighted by Gasteiger charge is -2.35. The first-order valence-corrected chi connectivity index (χ1v) is 7.14. The Bertz CT molecular complexity index is 622. The highest BCUT2D eigenvalue weighted by atomic mass is 19.4. The first-order valence-electron chi connectivity index (χ1n) is 7.14. The molecule has 6 heteroatoms. The van der Waals surface area contributed by atoms with Gasteiger partial charge in [0.15, 0.2) is 0 Å². The molecule has 0 aromatic heterocycles. The molecule has 0 heterocycles. The van der Waals surface area contributed by atoms with Crippen LogP contribution in [0, 0.1) is 5.41 Å². The fraction of sp³-hybridized carbons (Fsp3) is 0.353. The molecule has 2 N–H and O–H groups in total. The second-order valence-electron chi connectivity index (χ2n) is 5.55. The number of alkyl halides is 3. The van der Waals surface area contributed by atoms with E-state index < -0.39 is 30.0 Å². The maximum Gasteiger partial charge on any atom is 0.398 e. The fourth-order valence-corrected chi connectivity index (χ4v) is 2.63. The number of carbonyl (C=O) groups excluding carboxylic acids is 1. The average Bonchev–Trinajstić information content (AvgIpc) is 2.54. The highest BCUT2D eigenvalue weighted by molar-refractivity contribution is 5.77. The number of ether oxygens (including phenoxy) is 1. The monoisotopic (exact) mass is 325 g/mol. The van der Waals surface area contributed by atoms with Crippen LogP contribution >= 0.6 is 0 Å². The molecule has 1 aliphatic carbocycles. The third-order valence-corrected chi connectivity index (χ3v) is 4.03. The predicted molar refractivity (Wildman–Crippen MR) is 81.3 cm³/mol. The lowest BCUT2D eigenvalue weighted by atomic mass is 9.74. The van der Waals surface area contributed by atoms with Crippen molar-refractivity contribution in [1.82, 2.24) is 0 Å². The van der Waals surface area contributed by atoms with Gasteiger partial charge in [0.25, 0.3) is 0 Å². The van der Waals surface area contributed by atoms with E-state index >= 15 is 0 Å². The molecule has 1 aliphatic rings. The summed E-state index contributed by atoms with van der Waals surface area (Å²) in [6, 6.07) is 7.82. The number of methoxy groups -OCH3 is 1. The molecule has 0 saturated heterocycles. The SMILES string of the molecule is COC(=O)C(N)CC1(C(F)(F)F)C=CC(c2ccccc2)=CC1. The first-order chi connectivity index (χ1) is 10.8. The van der Waals surface area contributed by atoms with E-state index in [1.165, 1.54) is 12.2 Å². The number of rotatable bonds is 4. The van der Waals surface area contributed by atoms with Gasteiger partial charge < -0.3 is 10.5 Å². The number of hydrogen-bond donors (Lipinski definition) is 1. The Morgan fingerprint density at radius 1 is 1.35 bits per heavy atom. The molecule has 0 fully saturated rings. The summed E-state index contributed by atoms with van der Waals surface area (Å²) in [4.78, 5) is 11.4. The molecule has 3 nitrogen and oxygen atoms in total. The van der Waals surface area contributed by atoms with E-state index in [4.69, 9.17) is 5.73 Å². The molecule has 0 spiro atoms. The zero-order valence-electron chi connectivity index (χ0n) is 12.6. The summed E-state index contributed by atoms with van der Waals surface area (Å²) in [5.41, 5.74) is 4.97. The van der Waals surface area contributed by atoms with Gasteiger partial charge in [-0.15, -0.1) is 0 Å². The smallest absolute Gasteiger partial charge is 0.398 e. The normalized spacial score (nSPS) is 22.4. The predicted octanol–water partition coefficient (Wildman–Crippen LogP) is 3.47. The van der Waals surface area contributed by atoms with Gasteiger partial charge in [-0.3, -0.25) is 4.79 Å². The zero-order valence-corrected chi connectivity index (χ0v) is 12.6. The van der Waals surface area contributed by atoms with Gasteiger partial charge in [-0.05, 0) is 24.0 Å². The van der Waals surface area contributed by atoms with Gasteiger partial charge in [-0.1, -0.05) is 48.6 Å². The van der Waals surface area contributed by atoms with Crippen LogP contribution in [0.4, 0.5) is 13.2 Å². The van der Waals surface area contributed by atoms with Gasteiger partial charge in [0, 0.05) is 0 Å². The Morgan fingerprint density at radius 2 is 2.00 bits per heavy atom. The molecule has 0 amide bonds. The van der Waals surface area contributed by atoms with Crippen molar-refractivity contribution in [3.8, 4) is 0 Å². The van der Waals surface area contributed by atoms with Crippen LogP contribution in [0.3, 0.4) is 0 Å². The molecule has 1 aromatic rings. The molecule has 2 rings (SSSR count). The van der Waals surface area contributed by atoms with E-state index in [1.807, 2.05) is 30.3 Å². The van der Waals surface area contributed by atoms with E-state index in [9.17, 15) is 18.0 Å². The van der Waals surface area contributed by atoms with Crippen molar-refractivity contribution in [3.63, 3.8) is 0 Å². The van der Waals surface area contributed by atoms with Crippen molar-refractivity contribution in [2.24, 2.45) is 11.1 Å². The summed E-state index contributed by atoms with van der Waals surface area (Å²) in [7, 11) is 1.10. The Morgan fingerprint density at radius 3 is 2.48 bits per heavy atom. The summed E-state index contributed by atoms with van der Waals surface area (Å²) < 4.78 is 45.1. The van der Waals surface area contributed by atoms with E-state index in [2.05, 4.69) is 4.74 Å². The quantitative estimate of drug-likeness (QED) is 0.863. The van der Waals surface area contributed by atoms with Gasteiger partial charge >= 0.3 is 12.1 Å². The number of hydrogen-bond acceptors (Lipinski definition) is 3. The van der Waals surface area contributed by atoms with Crippen molar-refractivity contribution in [3.05, 3.63) is 54.1 Å². The molecule has 2 unspecified atom stereocenters. The highest BCUT2D eigenvalue weighted by Crippen LogP contribution is 2.49. The lowest BCUT2D eigenvalue weighted by molar-refractivity contribution is -0.209. The van der Waals surface area contributed by atoms with Crippen LogP contribution in [0.5, 0.6) is 0 Å². The van der Waals surface area contributed by atoms with Crippen LogP contribution in [0.15, 0.2) is 48.6 Å². The topological polar surface area (TPSA) is 52.3 Å². The zero-order chi connectivity index (χ0) is 17.1. The van der Waals surface area contributed by atoms with Gasteiger partial charge in [0.05, 0.1) is 12.5 Å². The standard InChI is InChI=1S/C17H18F3NO2/c1-23-15(22)14(21)11-16(17(18,19)20)9-7-13(8-10-16)12-5-3-2-4-6-12/h2-9,14H,10-11,21H2,1H3. The minimum Gasteiger partial charge on any atom is -0.468 e. The van der Waals surface area contributed by atoms with Crippen LogP contribution in [0.1, 0.15) is 18.4 Å². The minimum absolute atomic E-state index is 0.262. The number of allylic oxidation sites excluding steroid dienone is 4. The third kappa shape index (κ3) is 3.64. The molecule has 2 atom stereocenters. The molecule has 0 radical (unpaired) electrons. The van der Waals surface area contributed by atoms with E-state index in [0.717, 1.165) is 24.3 Å². The fourth-order valence-electron chi connectivity index (χ4n) is 2.63. The number of benzene rings is 1. The molecule has 0 aliphatic heterocycles. The average molecular weight is 325 g/mol. The van der Waals surface area contributed by atoms with Crippen LogP contribution < -0.4 is 5.73 Å². The second-order valence-corrected chi connectivity index (χ2v) is 5.55. The Hall–Kier alpha value is -2.08. The Kier molecular flexibility index (Phi) is 4.94. The summed E-state index contributed by atoms with van der Waals surface area (Å²) in [5.74, 6) is -0.847. The van der Waals surface area contributed by atoms with Crippen molar-refractivity contribution in [2.75, 3.05) is 7.11 Å². The molecule has 0 saturated carbocycles. The Balaban J connectivity index is 2.26. The number of halogens is 3. The molecule has 0 bridgehead atoms. The third-order valence-electron chi connectivity index (χ3n) is 4.03. The van der Waals surface area contributed by atoms with Crippen molar-refractivity contribution in [2.45, 2.75) is 25.1 Å². The molecule has 1 aromatic carbocycles. The lowest BCUT2D eigenvalue weighted by Crippen LogP contribution is -2.45. The van der Waals surface area contributed by atoms with Crippen LogP contribution in [-0.4, -0.2) is 25.3 Å². The molecule has 23 heavy (non-hydrogen) atoms.